The fourth-order valence-corrected chi connectivity index (χ4v) is 2.83. The molecule has 0 aromatic heterocycles. The molecule has 0 spiro atoms. The number of carbonyl (C=O) groups is 3. The molecule has 0 saturated heterocycles. The molecule has 1 unspecified atom stereocenters. The third-order valence-electron chi connectivity index (χ3n) is 4.14. The summed E-state index contributed by atoms with van der Waals surface area (Å²) in [6.45, 7) is 8.45. The van der Waals surface area contributed by atoms with E-state index >= 15 is 0 Å². The van der Waals surface area contributed by atoms with Crippen molar-refractivity contribution in [3.8, 4) is 0 Å². The molecular formula is C23H28FN3O4. The van der Waals surface area contributed by atoms with Crippen LogP contribution < -0.4 is 16.0 Å². The Kier molecular flexibility index (Phi) is 7.74. The van der Waals surface area contributed by atoms with E-state index in [9.17, 15) is 18.8 Å². The van der Waals surface area contributed by atoms with Gasteiger partial charge < -0.3 is 15.4 Å². The van der Waals surface area contributed by atoms with E-state index in [4.69, 9.17) is 4.74 Å². The smallest absolute Gasteiger partial charge is 0.412 e. The van der Waals surface area contributed by atoms with Crippen LogP contribution in [0.4, 0.5) is 20.6 Å². The highest BCUT2D eigenvalue weighted by molar-refractivity contribution is 5.98. The molecule has 2 rings (SSSR count). The van der Waals surface area contributed by atoms with Crippen LogP contribution in [0.25, 0.3) is 0 Å². The number of benzene rings is 2. The van der Waals surface area contributed by atoms with Crippen molar-refractivity contribution in [2.45, 2.75) is 52.7 Å². The zero-order valence-corrected chi connectivity index (χ0v) is 18.3. The zero-order chi connectivity index (χ0) is 23.2. The van der Waals surface area contributed by atoms with Crippen molar-refractivity contribution in [2.24, 2.45) is 0 Å². The van der Waals surface area contributed by atoms with E-state index in [2.05, 4.69) is 16.0 Å². The van der Waals surface area contributed by atoms with Crippen LogP contribution in [0.15, 0.2) is 42.5 Å². The zero-order valence-electron chi connectivity index (χ0n) is 18.3. The second-order valence-corrected chi connectivity index (χ2v) is 8.23. The lowest BCUT2D eigenvalue weighted by atomic mass is 10.0. The lowest BCUT2D eigenvalue weighted by Gasteiger charge is -2.21. The second-order valence-electron chi connectivity index (χ2n) is 8.23. The van der Waals surface area contributed by atoms with Crippen LogP contribution in [-0.4, -0.2) is 23.5 Å². The van der Waals surface area contributed by atoms with Crippen LogP contribution in [0.5, 0.6) is 0 Å². The van der Waals surface area contributed by atoms with Crippen molar-refractivity contribution in [2.75, 3.05) is 10.6 Å². The molecule has 2 aromatic rings. The number of hydrogen-bond acceptors (Lipinski definition) is 4. The van der Waals surface area contributed by atoms with E-state index < -0.39 is 29.5 Å². The van der Waals surface area contributed by atoms with E-state index in [1.807, 2.05) is 31.2 Å². The molecule has 0 aliphatic carbocycles. The average molecular weight is 429 g/mol. The number of anilines is 2. The Hall–Kier alpha value is -3.42. The Balaban J connectivity index is 2.17. The molecule has 0 saturated carbocycles. The standard InChI is InChI=1S/C23H28FN3O4/c1-14-6-8-16(9-7-14)19(25-15(2)28)13-21(29)26-20-12-17(24)10-11-18(20)27-22(30)31-23(3,4)5/h6-12,19H,13H2,1-5H3,(H,25,28)(H,26,29)(H,27,30). The fourth-order valence-electron chi connectivity index (χ4n) is 2.83. The first kappa shape index (κ1) is 23.9. The highest BCUT2D eigenvalue weighted by Gasteiger charge is 2.20. The number of hydrogen-bond donors (Lipinski definition) is 3. The van der Waals surface area contributed by atoms with E-state index in [0.717, 1.165) is 23.3 Å². The maximum atomic E-state index is 13.8. The summed E-state index contributed by atoms with van der Waals surface area (Å²) in [6, 6.07) is 10.5. The largest absolute Gasteiger partial charge is 0.444 e. The number of halogens is 1. The highest BCUT2D eigenvalue weighted by Crippen LogP contribution is 2.25. The van der Waals surface area contributed by atoms with Crippen molar-refractivity contribution in [3.63, 3.8) is 0 Å². The summed E-state index contributed by atoms with van der Waals surface area (Å²) >= 11 is 0. The summed E-state index contributed by atoms with van der Waals surface area (Å²) in [5.41, 5.74) is 1.37. The van der Waals surface area contributed by atoms with Crippen LogP contribution in [0.2, 0.25) is 0 Å². The number of ether oxygens (including phenoxy) is 1. The van der Waals surface area contributed by atoms with Gasteiger partial charge in [0.05, 0.1) is 23.8 Å². The maximum Gasteiger partial charge on any atom is 0.412 e. The van der Waals surface area contributed by atoms with Crippen molar-refractivity contribution >= 4 is 29.3 Å². The highest BCUT2D eigenvalue weighted by atomic mass is 19.1. The Morgan fingerprint density at radius 1 is 1.00 bits per heavy atom. The summed E-state index contributed by atoms with van der Waals surface area (Å²) in [4.78, 5) is 36.4. The first-order valence-electron chi connectivity index (χ1n) is 9.86. The third-order valence-corrected chi connectivity index (χ3v) is 4.14. The molecule has 0 radical (unpaired) electrons. The topological polar surface area (TPSA) is 96.5 Å². The van der Waals surface area contributed by atoms with Crippen molar-refractivity contribution in [1.82, 2.24) is 5.32 Å². The van der Waals surface area contributed by atoms with Crippen molar-refractivity contribution in [1.29, 1.82) is 0 Å². The van der Waals surface area contributed by atoms with Gasteiger partial charge in [-0.15, -0.1) is 0 Å². The summed E-state index contributed by atoms with van der Waals surface area (Å²) in [5.74, 6) is -1.32. The Morgan fingerprint density at radius 3 is 2.23 bits per heavy atom. The number of rotatable bonds is 6. The van der Waals surface area contributed by atoms with E-state index in [1.54, 1.807) is 20.8 Å². The lowest BCUT2D eigenvalue weighted by molar-refractivity contribution is -0.120. The molecule has 2 aromatic carbocycles. The summed E-state index contributed by atoms with van der Waals surface area (Å²) in [6.07, 6.45) is -0.809. The van der Waals surface area contributed by atoms with Crippen LogP contribution in [0.3, 0.4) is 0 Å². The van der Waals surface area contributed by atoms with E-state index in [0.29, 0.717) is 0 Å². The third kappa shape index (κ3) is 8.08. The molecule has 3 N–H and O–H groups in total. The number of carbonyl (C=O) groups excluding carboxylic acids is 3. The van der Waals surface area contributed by atoms with Crippen molar-refractivity contribution in [3.05, 3.63) is 59.4 Å². The minimum absolute atomic E-state index is 0.0783. The Morgan fingerprint density at radius 2 is 1.65 bits per heavy atom. The molecule has 0 aliphatic heterocycles. The summed E-state index contributed by atoms with van der Waals surface area (Å²) in [5, 5.41) is 7.87. The van der Waals surface area contributed by atoms with Crippen LogP contribution in [0.1, 0.15) is 51.3 Å². The molecule has 7 nitrogen and oxygen atoms in total. The molecule has 3 amide bonds. The van der Waals surface area contributed by atoms with Gasteiger partial charge in [-0.2, -0.15) is 0 Å². The van der Waals surface area contributed by atoms with Gasteiger partial charge in [0.1, 0.15) is 11.4 Å². The van der Waals surface area contributed by atoms with Gasteiger partial charge in [0, 0.05) is 6.92 Å². The number of aryl methyl sites for hydroxylation is 1. The monoisotopic (exact) mass is 429 g/mol. The quantitative estimate of drug-likeness (QED) is 0.621. The number of nitrogens with one attached hydrogen (secondary N) is 3. The van der Waals surface area contributed by atoms with Crippen LogP contribution in [0, 0.1) is 12.7 Å². The normalized spacial score (nSPS) is 11.9. The predicted molar refractivity (Wildman–Crippen MR) is 117 cm³/mol. The molecule has 0 heterocycles. The SMILES string of the molecule is CC(=O)NC(CC(=O)Nc1cc(F)ccc1NC(=O)OC(C)(C)C)c1ccc(C)cc1. The molecule has 8 heteroatoms. The molecule has 0 aliphatic rings. The molecule has 0 bridgehead atoms. The van der Waals surface area contributed by atoms with Gasteiger partial charge >= 0.3 is 6.09 Å². The number of amides is 3. The molecule has 0 fully saturated rings. The Labute approximate surface area is 181 Å². The summed E-state index contributed by atoms with van der Waals surface area (Å²) in [7, 11) is 0. The van der Waals surface area contributed by atoms with Gasteiger partial charge in [-0.3, -0.25) is 14.9 Å². The molecule has 31 heavy (non-hydrogen) atoms. The van der Waals surface area contributed by atoms with Crippen molar-refractivity contribution < 1.29 is 23.5 Å². The predicted octanol–water partition coefficient (Wildman–Crippen LogP) is 4.69. The average Bonchev–Trinajstić information content (AvgIpc) is 2.62. The van der Waals surface area contributed by atoms with E-state index in [-0.39, 0.29) is 23.7 Å². The fraction of sp³-hybridized carbons (Fsp3) is 0.348. The van der Waals surface area contributed by atoms with Gasteiger partial charge in [-0.25, -0.2) is 9.18 Å². The van der Waals surface area contributed by atoms with Gasteiger partial charge in [-0.1, -0.05) is 29.8 Å². The van der Waals surface area contributed by atoms with Crippen LogP contribution >= 0.6 is 0 Å². The maximum absolute atomic E-state index is 13.8. The van der Waals surface area contributed by atoms with E-state index in [1.165, 1.54) is 13.0 Å². The lowest BCUT2D eigenvalue weighted by Crippen LogP contribution is -2.30. The molecule has 166 valence electrons. The Bertz CT molecular complexity index is 952. The van der Waals surface area contributed by atoms with Gasteiger partial charge in [0.2, 0.25) is 11.8 Å². The van der Waals surface area contributed by atoms with Gasteiger partial charge in [0.25, 0.3) is 0 Å². The van der Waals surface area contributed by atoms with Crippen LogP contribution in [-0.2, 0) is 14.3 Å². The van der Waals surface area contributed by atoms with Gasteiger partial charge in [-0.05, 0) is 51.5 Å². The molecule has 1 atom stereocenters. The van der Waals surface area contributed by atoms with Gasteiger partial charge in [0.15, 0.2) is 0 Å². The minimum Gasteiger partial charge on any atom is -0.444 e. The first-order chi connectivity index (χ1) is 14.4. The first-order valence-corrected chi connectivity index (χ1v) is 9.86. The molecular weight excluding hydrogens is 401 g/mol. The minimum atomic E-state index is -0.731. The second kappa shape index (κ2) is 10.1. The summed E-state index contributed by atoms with van der Waals surface area (Å²) < 4.78 is 19.0.